The van der Waals surface area contributed by atoms with E-state index in [0.29, 0.717) is 35.5 Å². The average molecular weight is 408 g/mol. The molecule has 0 aliphatic heterocycles. The number of para-hydroxylation sites is 1. The van der Waals surface area contributed by atoms with Crippen molar-refractivity contribution in [2.75, 3.05) is 6.54 Å². The van der Waals surface area contributed by atoms with E-state index in [2.05, 4.69) is 35.5 Å². The van der Waals surface area contributed by atoms with Gasteiger partial charge in [0.05, 0.1) is 19.4 Å². The fraction of sp³-hybridized carbons (Fsp3) is 0.278. The molecular formula is C18H19F3N6O2. The Morgan fingerprint density at radius 2 is 2.03 bits per heavy atom. The molecule has 0 aliphatic rings. The highest BCUT2D eigenvalue weighted by Crippen LogP contribution is 2.26. The molecule has 0 atom stereocenters. The second kappa shape index (κ2) is 9.13. The first-order chi connectivity index (χ1) is 13.9. The highest BCUT2D eigenvalue weighted by atomic mass is 19.4. The lowest BCUT2D eigenvalue weighted by molar-refractivity contribution is -0.274. The van der Waals surface area contributed by atoms with Crippen LogP contribution in [0.25, 0.3) is 11.6 Å². The van der Waals surface area contributed by atoms with Gasteiger partial charge in [0.15, 0.2) is 11.7 Å². The number of halogens is 3. The largest absolute Gasteiger partial charge is 0.573 e. The Morgan fingerprint density at radius 3 is 2.76 bits per heavy atom. The SMILES string of the molecule is CCNC(=NCc1ccccc1OC(F)(F)F)NCc1nc(-c2ccco2)n[nH]1. The zero-order valence-corrected chi connectivity index (χ0v) is 15.5. The number of hydrogen-bond acceptors (Lipinski definition) is 5. The topological polar surface area (TPSA) is 100 Å². The van der Waals surface area contributed by atoms with Gasteiger partial charge in [-0.15, -0.1) is 18.3 Å². The molecule has 2 aromatic heterocycles. The van der Waals surface area contributed by atoms with E-state index in [0.717, 1.165) is 0 Å². The number of ether oxygens (including phenoxy) is 1. The maximum Gasteiger partial charge on any atom is 0.573 e. The third-order valence-electron chi connectivity index (χ3n) is 3.65. The third kappa shape index (κ3) is 5.99. The molecule has 0 saturated carbocycles. The van der Waals surface area contributed by atoms with Crippen LogP contribution < -0.4 is 15.4 Å². The Balaban J connectivity index is 1.65. The summed E-state index contributed by atoms with van der Waals surface area (Å²) in [6.45, 7) is 2.72. The Kier molecular flexibility index (Phi) is 6.37. The van der Waals surface area contributed by atoms with Gasteiger partial charge in [0, 0.05) is 12.1 Å². The summed E-state index contributed by atoms with van der Waals surface area (Å²) < 4.78 is 46.9. The molecule has 0 saturated heterocycles. The van der Waals surface area contributed by atoms with E-state index >= 15 is 0 Å². The van der Waals surface area contributed by atoms with Crippen LogP contribution in [0.4, 0.5) is 13.2 Å². The van der Waals surface area contributed by atoms with Crippen LogP contribution >= 0.6 is 0 Å². The number of guanidine groups is 1. The predicted molar refractivity (Wildman–Crippen MR) is 98.9 cm³/mol. The number of H-pyrrole nitrogens is 1. The maximum atomic E-state index is 12.5. The summed E-state index contributed by atoms with van der Waals surface area (Å²) >= 11 is 0. The summed E-state index contributed by atoms with van der Waals surface area (Å²) in [6, 6.07) is 9.35. The molecule has 0 unspecified atom stereocenters. The standard InChI is InChI=1S/C18H19F3N6O2/c1-2-22-17(23-10-12-6-3-4-7-13(12)29-18(19,20)21)24-11-15-25-16(27-26-15)14-8-5-9-28-14/h3-9H,2,10-11H2,1H3,(H2,22,23,24)(H,25,26,27). The van der Waals surface area contributed by atoms with E-state index in [-0.39, 0.29) is 18.8 Å². The number of benzene rings is 1. The molecule has 154 valence electrons. The minimum atomic E-state index is -4.76. The van der Waals surface area contributed by atoms with Gasteiger partial charge in [0.25, 0.3) is 0 Å². The average Bonchev–Trinajstić information content (AvgIpc) is 3.35. The fourth-order valence-corrected chi connectivity index (χ4v) is 2.42. The lowest BCUT2D eigenvalue weighted by Crippen LogP contribution is -2.37. The maximum absolute atomic E-state index is 12.5. The normalized spacial score (nSPS) is 12.1. The second-order valence-corrected chi connectivity index (χ2v) is 5.79. The van der Waals surface area contributed by atoms with Crippen molar-refractivity contribution in [2.24, 2.45) is 4.99 Å². The molecule has 0 spiro atoms. The molecule has 3 N–H and O–H groups in total. The molecule has 0 fully saturated rings. The van der Waals surface area contributed by atoms with Crippen molar-refractivity contribution in [2.45, 2.75) is 26.4 Å². The quantitative estimate of drug-likeness (QED) is 0.410. The van der Waals surface area contributed by atoms with Crippen LogP contribution in [0.15, 0.2) is 52.1 Å². The van der Waals surface area contributed by atoms with Crippen LogP contribution in [0.5, 0.6) is 5.75 Å². The van der Waals surface area contributed by atoms with Crippen LogP contribution in [0.3, 0.4) is 0 Å². The minimum Gasteiger partial charge on any atom is -0.461 e. The molecule has 0 radical (unpaired) electrons. The number of nitrogens with one attached hydrogen (secondary N) is 3. The number of rotatable bonds is 7. The molecule has 3 aromatic rings. The van der Waals surface area contributed by atoms with Gasteiger partial charge in [-0.25, -0.2) is 9.98 Å². The Hall–Kier alpha value is -3.50. The summed E-state index contributed by atoms with van der Waals surface area (Å²) in [7, 11) is 0. The molecule has 29 heavy (non-hydrogen) atoms. The number of nitrogens with zero attached hydrogens (tertiary/aromatic N) is 3. The molecule has 8 nitrogen and oxygen atoms in total. The summed E-state index contributed by atoms with van der Waals surface area (Å²) in [5, 5.41) is 12.9. The molecule has 0 bridgehead atoms. The van der Waals surface area contributed by atoms with Crippen molar-refractivity contribution in [3.8, 4) is 17.3 Å². The van der Waals surface area contributed by atoms with Gasteiger partial charge in [-0.05, 0) is 25.1 Å². The van der Waals surface area contributed by atoms with Gasteiger partial charge < -0.3 is 19.8 Å². The number of aromatic amines is 1. The molecule has 0 aliphatic carbocycles. The highest BCUT2D eigenvalue weighted by Gasteiger charge is 2.31. The van der Waals surface area contributed by atoms with Gasteiger partial charge in [-0.3, -0.25) is 5.10 Å². The molecular weight excluding hydrogens is 389 g/mol. The van der Waals surface area contributed by atoms with Crippen molar-refractivity contribution in [1.82, 2.24) is 25.8 Å². The predicted octanol–water partition coefficient (Wildman–Crippen LogP) is 3.22. The van der Waals surface area contributed by atoms with E-state index in [9.17, 15) is 13.2 Å². The van der Waals surface area contributed by atoms with Crippen LogP contribution in [0.2, 0.25) is 0 Å². The van der Waals surface area contributed by atoms with Crippen LogP contribution in [0.1, 0.15) is 18.3 Å². The summed E-state index contributed by atoms with van der Waals surface area (Å²) in [6.07, 6.45) is -3.24. The summed E-state index contributed by atoms with van der Waals surface area (Å²) in [5.41, 5.74) is 0.307. The van der Waals surface area contributed by atoms with Crippen molar-refractivity contribution < 1.29 is 22.3 Å². The van der Waals surface area contributed by atoms with E-state index in [1.54, 1.807) is 18.2 Å². The number of aliphatic imine (C=N–C) groups is 1. The Morgan fingerprint density at radius 1 is 1.21 bits per heavy atom. The lowest BCUT2D eigenvalue weighted by Gasteiger charge is -2.13. The van der Waals surface area contributed by atoms with Crippen molar-refractivity contribution in [3.63, 3.8) is 0 Å². The van der Waals surface area contributed by atoms with Gasteiger partial charge in [-0.2, -0.15) is 0 Å². The van der Waals surface area contributed by atoms with Gasteiger partial charge in [-0.1, -0.05) is 18.2 Å². The van der Waals surface area contributed by atoms with Crippen molar-refractivity contribution >= 4 is 5.96 Å². The first kappa shape index (κ1) is 20.2. The third-order valence-corrected chi connectivity index (χ3v) is 3.65. The van der Waals surface area contributed by atoms with Crippen molar-refractivity contribution in [1.29, 1.82) is 0 Å². The number of hydrogen-bond donors (Lipinski definition) is 3. The summed E-state index contributed by atoms with van der Waals surface area (Å²) in [5.74, 6) is 1.63. The fourth-order valence-electron chi connectivity index (χ4n) is 2.42. The number of alkyl halides is 3. The van der Waals surface area contributed by atoms with E-state index < -0.39 is 6.36 Å². The highest BCUT2D eigenvalue weighted by molar-refractivity contribution is 5.79. The second-order valence-electron chi connectivity index (χ2n) is 5.79. The Labute approximate surface area is 164 Å². The molecule has 1 aromatic carbocycles. The van der Waals surface area contributed by atoms with Gasteiger partial charge in [0.2, 0.25) is 5.82 Å². The van der Waals surface area contributed by atoms with E-state index in [4.69, 9.17) is 4.42 Å². The van der Waals surface area contributed by atoms with Crippen molar-refractivity contribution in [3.05, 3.63) is 54.0 Å². The zero-order valence-electron chi connectivity index (χ0n) is 15.5. The first-order valence-electron chi connectivity index (χ1n) is 8.75. The lowest BCUT2D eigenvalue weighted by atomic mass is 10.2. The van der Waals surface area contributed by atoms with Gasteiger partial charge >= 0.3 is 6.36 Å². The van der Waals surface area contributed by atoms with E-state index in [1.807, 2.05) is 6.92 Å². The number of aromatic nitrogens is 3. The van der Waals surface area contributed by atoms with E-state index in [1.165, 1.54) is 24.5 Å². The molecule has 0 amide bonds. The van der Waals surface area contributed by atoms with Crippen LogP contribution in [-0.2, 0) is 13.1 Å². The summed E-state index contributed by atoms with van der Waals surface area (Å²) in [4.78, 5) is 8.62. The molecule has 11 heteroatoms. The monoisotopic (exact) mass is 408 g/mol. The molecule has 2 heterocycles. The first-order valence-corrected chi connectivity index (χ1v) is 8.75. The van der Waals surface area contributed by atoms with Gasteiger partial charge in [0.1, 0.15) is 11.6 Å². The molecule has 3 rings (SSSR count). The van der Waals surface area contributed by atoms with Crippen LogP contribution in [0, 0.1) is 0 Å². The smallest absolute Gasteiger partial charge is 0.461 e. The Bertz CT molecular complexity index is 937. The minimum absolute atomic E-state index is 0.00433. The van der Waals surface area contributed by atoms with Crippen LogP contribution in [-0.4, -0.2) is 34.0 Å². The number of furan rings is 1. The zero-order chi connectivity index (χ0) is 20.7.